The molecule has 2 rings (SSSR count). The van der Waals surface area contributed by atoms with E-state index in [2.05, 4.69) is 28.9 Å². The number of aromatic carboxylic acids is 1. The lowest BCUT2D eigenvalue weighted by Crippen LogP contribution is -2.21. The lowest BCUT2D eigenvalue weighted by atomic mass is 10.0. The molecule has 0 aliphatic rings. The first kappa shape index (κ1) is 14.7. The Morgan fingerprint density at radius 1 is 1.30 bits per heavy atom. The lowest BCUT2D eigenvalue weighted by molar-refractivity contribution is 0.0701. The van der Waals surface area contributed by atoms with Crippen LogP contribution in [0.15, 0.2) is 24.3 Å². The van der Waals surface area contributed by atoms with Gasteiger partial charge in [-0.25, -0.2) is 9.78 Å². The highest BCUT2D eigenvalue weighted by molar-refractivity contribution is 7.13. The summed E-state index contributed by atoms with van der Waals surface area (Å²) in [6.07, 6.45) is 0. The maximum Gasteiger partial charge on any atom is 0.347 e. The van der Waals surface area contributed by atoms with E-state index in [-0.39, 0.29) is 6.04 Å². The highest BCUT2D eigenvalue weighted by Gasteiger charge is 2.24. The molecule has 0 saturated carbocycles. The first-order valence-electron chi connectivity index (χ1n) is 6.34. The Labute approximate surface area is 122 Å². The molecule has 1 heterocycles. The number of aryl methyl sites for hydroxylation is 2. The van der Waals surface area contributed by atoms with E-state index >= 15 is 0 Å². The molecule has 20 heavy (non-hydrogen) atoms. The molecule has 5 heteroatoms. The van der Waals surface area contributed by atoms with E-state index in [0.29, 0.717) is 10.6 Å². The van der Waals surface area contributed by atoms with Crippen LogP contribution in [0.4, 0.5) is 0 Å². The van der Waals surface area contributed by atoms with Crippen LogP contribution in [0.25, 0.3) is 0 Å². The van der Waals surface area contributed by atoms with Gasteiger partial charge in [-0.05, 0) is 39.1 Å². The van der Waals surface area contributed by atoms with E-state index in [9.17, 15) is 9.90 Å². The number of hydrogen-bond donors (Lipinski definition) is 1. The summed E-state index contributed by atoms with van der Waals surface area (Å²) in [6, 6.07) is 8.10. The molecule has 0 fully saturated rings. The van der Waals surface area contributed by atoms with Crippen molar-refractivity contribution in [3.8, 4) is 0 Å². The van der Waals surface area contributed by atoms with Gasteiger partial charge in [-0.3, -0.25) is 4.90 Å². The third kappa shape index (κ3) is 2.73. The fourth-order valence-corrected chi connectivity index (χ4v) is 3.38. The number of carboxylic acids is 1. The second-order valence-corrected chi connectivity index (χ2v) is 6.03. The molecular weight excluding hydrogens is 272 g/mol. The summed E-state index contributed by atoms with van der Waals surface area (Å²) in [7, 11) is 3.96. The van der Waals surface area contributed by atoms with Gasteiger partial charge in [0.15, 0.2) is 0 Å². The van der Waals surface area contributed by atoms with Gasteiger partial charge in [-0.1, -0.05) is 24.3 Å². The Morgan fingerprint density at radius 3 is 2.45 bits per heavy atom. The molecule has 1 atom stereocenters. The fraction of sp³-hybridized carbons (Fsp3) is 0.333. The second-order valence-electron chi connectivity index (χ2n) is 4.99. The summed E-state index contributed by atoms with van der Waals surface area (Å²) >= 11 is 1.26. The van der Waals surface area contributed by atoms with Gasteiger partial charge >= 0.3 is 5.97 Å². The third-order valence-electron chi connectivity index (χ3n) is 3.24. The van der Waals surface area contributed by atoms with Gasteiger partial charge in [0.1, 0.15) is 9.88 Å². The molecule has 1 N–H and O–H groups in total. The van der Waals surface area contributed by atoms with Crippen molar-refractivity contribution in [3.63, 3.8) is 0 Å². The van der Waals surface area contributed by atoms with Crippen molar-refractivity contribution in [2.24, 2.45) is 0 Å². The molecule has 0 radical (unpaired) electrons. The van der Waals surface area contributed by atoms with Crippen LogP contribution in [0.2, 0.25) is 0 Å². The summed E-state index contributed by atoms with van der Waals surface area (Å²) in [5.41, 5.74) is 2.91. The molecule has 2 aromatic rings. The Morgan fingerprint density at radius 2 is 1.95 bits per heavy atom. The minimum atomic E-state index is -0.909. The summed E-state index contributed by atoms with van der Waals surface area (Å²) in [4.78, 5) is 18.0. The zero-order chi connectivity index (χ0) is 14.9. The molecule has 4 nitrogen and oxygen atoms in total. The van der Waals surface area contributed by atoms with Crippen LogP contribution in [-0.4, -0.2) is 35.1 Å². The second kappa shape index (κ2) is 5.73. The molecule has 0 amide bonds. The van der Waals surface area contributed by atoms with Crippen LogP contribution in [0.5, 0.6) is 0 Å². The molecule has 0 aliphatic carbocycles. The molecule has 106 valence electrons. The summed E-state index contributed by atoms with van der Waals surface area (Å²) in [5.74, 6) is -0.909. The van der Waals surface area contributed by atoms with Crippen LogP contribution in [0.3, 0.4) is 0 Å². The van der Waals surface area contributed by atoms with E-state index in [1.54, 1.807) is 6.92 Å². The summed E-state index contributed by atoms with van der Waals surface area (Å²) in [5, 5.41) is 10.0. The Hall–Kier alpha value is -1.72. The molecular formula is C15H18N2O2S. The van der Waals surface area contributed by atoms with Crippen LogP contribution in [0.1, 0.15) is 37.5 Å². The molecule has 0 spiro atoms. The number of aromatic nitrogens is 1. The van der Waals surface area contributed by atoms with E-state index in [4.69, 9.17) is 0 Å². The standard InChI is InChI=1S/C15H18N2O2S/c1-9-7-5-6-8-11(9)12(17(3)4)14-16-10(2)13(20-14)15(18)19/h5-8,12H,1-4H3,(H,18,19)/t12-/m0/s1. The summed E-state index contributed by atoms with van der Waals surface area (Å²) < 4.78 is 0. The van der Waals surface area contributed by atoms with E-state index in [1.165, 1.54) is 16.9 Å². The number of carboxylic acid groups (broad SMARTS) is 1. The Balaban J connectivity index is 2.53. The van der Waals surface area contributed by atoms with E-state index in [0.717, 1.165) is 10.6 Å². The van der Waals surface area contributed by atoms with Crippen molar-refractivity contribution in [1.29, 1.82) is 0 Å². The predicted molar refractivity (Wildman–Crippen MR) is 80.5 cm³/mol. The van der Waals surface area contributed by atoms with E-state index < -0.39 is 5.97 Å². The minimum Gasteiger partial charge on any atom is -0.477 e. The number of benzene rings is 1. The van der Waals surface area contributed by atoms with Crippen LogP contribution < -0.4 is 0 Å². The van der Waals surface area contributed by atoms with Crippen LogP contribution >= 0.6 is 11.3 Å². The zero-order valence-corrected chi connectivity index (χ0v) is 12.9. The topological polar surface area (TPSA) is 53.4 Å². The predicted octanol–water partition coefficient (Wildman–Crippen LogP) is 3.11. The lowest BCUT2D eigenvalue weighted by Gasteiger charge is -2.24. The van der Waals surface area contributed by atoms with Gasteiger partial charge in [0, 0.05) is 0 Å². The number of thiazole rings is 1. The van der Waals surface area contributed by atoms with Crippen molar-refractivity contribution in [2.45, 2.75) is 19.9 Å². The number of rotatable bonds is 4. The summed E-state index contributed by atoms with van der Waals surface area (Å²) in [6.45, 7) is 3.80. The molecule has 0 aliphatic heterocycles. The molecule has 1 aromatic carbocycles. The molecule has 0 saturated heterocycles. The molecule has 0 bridgehead atoms. The van der Waals surface area contributed by atoms with Gasteiger partial charge in [0.05, 0.1) is 11.7 Å². The monoisotopic (exact) mass is 290 g/mol. The number of hydrogen-bond acceptors (Lipinski definition) is 4. The van der Waals surface area contributed by atoms with E-state index in [1.807, 2.05) is 26.2 Å². The SMILES string of the molecule is Cc1ccccc1[C@@H](c1nc(C)c(C(=O)O)s1)N(C)C. The van der Waals surface area contributed by atoms with Crippen molar-refractivity contribution >= 4 is 17.3 Å². The molecule has 0 unspecified atom stereocenters. The van der Waals surface area contributed by atoms with Gasteiger partial charge in [0.25, 0.3) is 0 Å². The highest BCUT2D eigenvalue weighted by atomic mass is 32.1. The average molecular weight is 290 g/mol. The largest absolute Gasteiger partial charge is 0.477 e. The van der Waals surface area contributed by atoms with Gasteiger partial charge in [-0.2, -0.15) is 0 Å². The van der Waals surface area contributed by atoms with Crippen molar-refractivity contribution < 1.29 is 9.90 Å². The van der Waals surface area contributed by atoms with Gasteiger partial charge in [-0.15, -0.1) is 11.3 Å². The zero-order valence-electron chi connectivity index (χ0n) is 12.0. The van der Waals surface area contributed by atoms with Gasteiger partial charge < -0.3 is 5.11 Å². The maximum absolute atomic E-state index is 11.2. The van der Waals surface area contributed by atoms with Crippen LogP contribution in [-0.2, 0) is 0 Å². The first-order chi connectivity index (χ1) is 9.41. The normalized spacial score (nSPS) is 12.7. The first-order valence-corrected chi connectivity index (χ1v) is 7.16. The smallest absolute Gasteiger partial charge is 0.347 e. The molecule has 1 aromatic heterocycles. The average Bonchev–Trinajstić information content (AvgIpc) is 2.73. The Kier molecular flexibility index (Phi) is 4.20. The number of nitrogens with zero attached hydrogens (tertiary/aromatic N) is 2. The number of carbonyl (C=O) groups is 1. The quantitative estimate of drug-likeness (QED) is 0.940. The van der Waals surface area contributed by atoms with Gasteiger partial charge in [0.2, 0.25) is 0 Å². The minimum absolute atomic E-state index is 0.0204. The third-order valence-corrected chi connectivity index (χ3v) is 4.44. The van der Waals surface area contributed by atoms with Crippen molar-refractivity contribution in [2.75, 3.05) is 14.1 Å². The van der Waals surface area contributed by atoms with Crippen LogP contribution in [0, 0.1) is 13.8 Å². The highest BCUT2D eigenvalue weighted by Crippen LogP contribution is 2.33. The Bertz CT molecular complexity index is 635. The van der Waals surface area contributed by atoms with Crippen molar-refractivity contribution in [3.05, 3.63) is 51.0 Å². The fourth-order valence-electron chi connectivity index (χ4n) is 2.26. The maximum atomic E-state index is 11.2. The van der Waals surface area contributed by atoms with Crippen molar-refractivity contribution in [1.82, 2.24) is 9.88 Å².